The molecule has 2 unspecified atom stereocenters. The molecule has 7 nitrogen and oxygen atoms in total. The van der Waals surface area contributed by atoms with Crippen LogP contribution in [0, 0.1) is 0 Å². The first kappa shape index (κ1) is 15.0. The SMILES string of the molecule is CCCNC(C)c1nnnn1CC(COC)OC. The third-order valence-corrected chi connectivity index (χ3v) is 2.71. The van der Waals surface area contributed by atoms with Gasteiger partial charge in [-0.1, -0.05) is 6.92 Å². The van der Waals surface area contributed by atoms with Crippen molar-refractivity contribution in [2.24, 2.45) is 0 Å². The van der Waals surface area contributed by atoms with E-state index in [9.17, 15) is 0 Å². The Kier molecular flexibility index (Phi) is 6.77. The van der Waals surface area contributed by atoms with Gasteiger partial charge in [0, 0.05) is 14.2 Å². The number of ether oxygens (including phenoxy) is 2. The van der Waals surface area contributed by atoms with Crippen LogP contribution in [0.15, 0.2) is 0 Å². The van der Waals surface area contributed by atoms with Crippen molar-refractivity contribution in [3.8, 4) is 0 Å². The van der Waals surface area contributed by atoms with Crippen LogP contribution in [0.3, 0.4) is 0 Å². The fourth-order valence-electron chi connectivity index (χ4n) is 1.68. The molecule has 18 heavy (non-hydrogen) atoms. The second-order valence-corrected chi connectivity index (χ2v) is 4.21. The van der Waals surface area contributed by atoms with E-state index in [0.717, 1.165) is 18.8 Å². The zero-order valence-electron chi connectivity index (χ0n) is 11.6. The van der Waals surface area contributed by atoms with Crippen molar-refractivity contribution in [1.29, 1.82) is 0 Å². The summed E-state index contributed by atoms with van der Waals surface area (Å²) in [5.41, 5.74) is 0. The lowest BCUT2D eigenvalue weighted by atomic mass is 10.3. The Morgan fingerprint density at radius 3 is 2.78 bits per heavy atom. The summed E-state index contributed by atoms with van der Waals surface area (Å²) in [6.45, 7) is 6.23. The van der Waals surface area contributed by atoms with Crippen molar-refractivity contribution < 1.29 is 9.47 Å². The van der Waals surface area contributed by atoms with Crippen molar-refractivity contribution >= 4 is 0 Å². The Bertz CT molecular complexity index is 331. The average Bonchev–Trinajstić information content (AvgIpc) is 2.83. The van der Waals surface area contributed by atoms with Crippen molar-refractivity contribution in [3.63, 3.8) is 0 Å². The van der Waals surface area contributed by atoms with Gasteiger partial charge in [0.05, 0.1) is 19.2 Å². The van der Waals surface area contributed by atoms with Gasteiger partial charge in [-0.15, -0.1) is 5.10 Å². The molecule has 7 heteroatoms. The predicted molar refractivity (Wildman–Crippen MR) is 67.2 cm³/mol. The summed E-state index contributed by atoms with van der Waals surface area (Å²) in [4.78, 5) is 0. The number of tetrazole rings is 1. The van der Waals surface area contributed by atoms with Gasteiger partial charge < -0.3 is 14.8 Å². The van der Waals surface area contributed by atoms with Gasteiger partial charge in [-0.25, -0.2) is 4.68 Å². The van der Waals surface area contributed by atoms with Crippen LogP contribution in [-0.4, -0.2) is 53.7 Å². The third kappa shape index (κ3) is 4.32. The van der Waals surface area contributed by atoms with E-state index in [0.29, 0.717) is 13.2 Å². The summed E-state index contributed by atoms with van der Waals surface area (Å²) in [7, 11) is 3.31. The molecular weight excluding hydrogens is 234 g/mol. The van der Waals surface area contributed by atoms with Crippen LogP contribution in [0.1, 0.15) is 32.1 Å². The zero-order valence-corrected chi connectivity index (χ0v) is 11.6. The molecule has 1 heterocycles. The molecule has 0 fully saturated rings. The number of aromatic nitrogens is 4. The van der Waals surface area contributed by atoms with Gasteiger partial charge in [-0.2, -0.15) is 0 Å². The highest BCUT2D eigenvalue weighted by Crippen LogP contribution is 2.08. The van der Waals surface area contributed by atoms with Gasteiger partial charge >= 0.3 is 0 Å². The van der Waals surface area contributed by atoms with Crippen LogP contribution in [0.25, 0.3) is 0 Å². The Balaban J connectivity index is 2.63. The molecule has 0 amide bonds. The van der Waals surface area contributed by atoms with Gasteiger partial charge in [-0.3, -0.25) is 0 Å². The molecule has 1 rings (SSSR count). The molecule has 0 saturated carbocycles. The lowest BCUT2D eigenvalue weighted by molar-refractivity contribution is 0.0153. The molecule has 0 aliphatic carbocycles. The summed E-state index contributed by atoms with van der Waals surface area (Å²) in [6.07, 6.45) is 1.03. The quantitative estimate of drug-likeness (QED) is 0.690. The fourth-order valence-corrected chi connectivity index (χ4v) is 1.68. The van der Waals surface area contributed by atoms with Crippen molar-refractivity contribution in [2.45, 2.75) is 39.0 Å². The first-order chi connectivity index (χ1) is 8.72. The molecule has 1 N–H and O–H groups in total. The van der Waals surface area contributed by atoms with E-state index in [1.807, 2.05) is 0 Å². The van der Waals surface area contributed by atoms with Gasteiger partial charge in [0.25, 0.3) is 0 Å². The number of methoxy groups -OCH3 is 2. The highest BCUT2D eigenvalue weighted by atomic mass is 16.5. The zero-order chi connectivity index (χ0) is 13.4. The van der Waals surface area contributed by atoms with Crippen LogP contribution < -0.4 is 5.32 Å². The minimum Gasteiger partial charge on any atom is -0.382 e. The largest absolute Gasteiger partial charge is 0.382 e. The maximum atomic E-state index is 5.32. The van der Waals surface area contributed by atoms with E-state index in [4.69, 9.17) is 9.47 Å². The molecular formula is C11H23N5O2. The van der Waals surface area contributed by atoms with Crippen molar-refractivity contribution in [2.75, 3.05) is 27.4 Å². The molecule has 0 aliphatic heterocycles. The lowest BCUT2D eigenvalue weighted by Gasteiger charge is -2.17. The maximum absolute atomic E-state index is 5.32. The van der Waals surface area contributed by atoms with E-state index in [2.05, 4.69) is 34.7 Å². The molecule has 2 atom stereocenters. The lowest BCUT2D eigenvalue weighted by Crippen LogP contribution is -2.28. The van der Waals surface area contributed by atoms with E-state index < -0.39 is 0 Å². The summed E-state index contributed by atoms with van der Waals surface area (Å²) >= 11 is 0. The molecule has 104 valence electrons. The molecule has 1 aromatic heterocycles. The van der Waals surface area contributed by atoms with Crippen LogP contribution in [0.4, 0.5) is 0 Å². The molecule has 0 radical (unpaired) electrons. The van der Waals surface area contributed by atoms with Crippen LogP contribution in [0.5, 0.6) is 0 Å². The second kappa shape index (κ2) is 8.12. The maximum Gasteiger partial charge on any atom is 0.168 e. The minimum atomic E-state index is -0.0457. The summed E-state index contributed by atoms with van der Waals surface area (Å²) in [6, 6.07) is 0.125. The molecule has 0 saturated heterocycles. The van der Waals surface area contributed by atoms with E-state index in [1.54, 1.807) is 18.9 Å². The Hall–Kier alpha value is -1.05. The average molecular weight is 257 g/mol. The second-order valence-electron chi connectivity index (χ2n) is 4.21. The summed E-state index contributed by atoms with van der Waals surface area (Å²) < 4.78 is 12.2. The van der Waals surface area contributed by atoms with Gasteiger partial charge in [-0.05, 0) is 30.3 Å². The molecule has 0 aromatic carbocycles. The smallest absolute Gasteiger partial charge is 0.168 e. The number of nitrogens with one attached hydrogen (secondary N) is 1. The van der Waals surface area contributed by atoms with E-state index >= 15 is 0 Å². The number of rotatable bonds is 9. The Morgan fingerprint density at radius 2 is 2.17 bits per heavy atom. The minimum absolute atomic E-state index is 0.0457. The number of hydrogen-bond donors (Lipinski definition) is 1. The van der Waals surface area contributed by atoms with Crippen LogP contribution >= 0.6 is 0 Å². The summed E-state index contributed by atoms with van der Waals surface area (Å²) in [5, 5.41) is 15.1. The molecule has 0 aliphatic rings. The third-order valence-electron chi connectivity index (χ3n) is 2.71. The highest BCUT2D eigenvalue weighted by molar-refractivity contribution is 4.90. The summed E-state index contributed by atoms with van der Waals surface area (Å²) in [5.74, 6) is 0.821. The first-order valence-electron chi connectivity index (χ1n) is 6.24. The van der Waals surface area contributed by atoms with Crippen molar-refractivity contribution in [1.82, 2.24) is 25.5 Å². The van der Waals surface area contributed by atoms with Gasteiger partial charge in [0.2, 0.25) is 0 Å². The Labute approximate surface area is 108 Å². The Morgan fingerprint density at radius 1 is 1.39 bits per heavy atom. The van der Waals surface area contributed by atoms with Gasteiger partial charge in [0.15, 0.2) is 5.82 Å². The van der Waals surface area contributed by atoms with E-state index in [-0.39, 0.29) is 12.1 Å². The molecule has 0 bridgehead atoms. The van der Waals surface area contributed by atoms with Crippen LogP contribution in [0.2, 0.25) is 0 Å². The number of hydrogen-bond acceptors (Lipinski definition) is 6. The van der Waals surface area contributed by atoms with Crippen LogP contribution in [-0.2, 0) is 16.0 Å². The molecule has 0 spiro atoms. The monoisotopic (exact) mass is 257 g/mol. The standard InChI is InChI=1S/C11H23N5O2/c1-5-6-12-9(2)11-13-14-15-16(11)7-10(18-4)8-17-3/h9-10,12H,5-8H2,1-4H3. The van der Waals surface area contributed by atoms with Gasteiger partial charge in [0.1, 0.15) is 6.10 Å². The fraction of sp³-hybridized carbons (Fsp3) is 0.909. The number of nitrogens with zero attached hydrogens (tertiary/aromatic N) is 4. The topological polar surface area (TPSA) is 74.1 Å². The molecule has 1 aromatic rings. The predicted octanol–water partition coefficient (Wildman–Crippen LogP) is 0.395. The normalized spacial score (nSPS) is 14.7. The first-order valence-corrected chi connectivity index (χ1v) is 6.24. The van der Waals surface area contributed by atoms with E-state index in [1.165, 1.54) is 0 Å². The van der Waals surface area contributed by atoms with Crippen molar-refractivity contribution in [3.05, 3.63) is 5.82 Å². The highest BCUT2D eigenvalue weighted by Gasteiger charge is 2.17.